The van der Waals surface area contributed by atoms with Crippen LogP contribution in [0, 0.1) is 6.92 Å². The van der Waals surface area contributed by atoms with Crippen LogP contribution in [0.15, 0.2) is 107 Å². The van der Waals surface area contributed by atoms with Crippen molar-refractivity contribution in [1.82, 2.24) is 0 Å². The van der Waals surface area contributed by atoms with E-state index < -0.39 is 215 Å². The molecule has 6 atom stereocenters. The highest BCUT2D eigenvalue weighted by Gasteiger charge is 2.43. The number of carbonyl (C=O) groups excluding carboxylic acids is 3. The van der Waals surface area contributed by atoms with Crippen molar-refractivity contribution in [2.75, 3.05) is 0 Å². The summed E-state index contributed by atoms with van der Waals surface area (Å²) in [5.41, 5.74) is -5.72. The van der Waals surface area contributed by atoms with Crippen LogP contribution in [0.1, 0.15) is 88.3 Å². The van der Waals surface area contributed by atoms with Crippen LogP contribution in [-0.4, -0.2) is 123 Å². The van der Waals surface area contributed by atoms with E-state index in [0.717, 1.165) is 84.9 Å². The van der Waals surface area contributed by atoms with Crippen LogP contribution in [0.25, 0.3) is 21.5 Å². The van der Waals surface area contributed by atoms with Crippen molar-refractivity contribution in [2.45, 2.75) is 62.8 Å². The van der Waals surface area contributed by atoms with Crippen LogP contribution >= 0.6 is 0 Å². The molecule has 3 aliphatic heterocycles. The first-order valence-electron chi connectivity index (χ1n) is 27.6. The number of rotatable bonds is 9. The van der Waals surface area contributed by atoms with E-state index in [0.29, 0.717) is 6.07 Å². The smallest absolute Gasteiger partial charge is 0.338 e. The van der Waals surface area contributed by atoms with Gasteiger partial charge in [0, 0.05) is 89.0 Å². The van der Waals surface area contributed by atoms with Crippen LogP contribution in [0.3, 0.4) is 0 Å². The maximum absolute atomic E-state index is 15.1. The molecule has 9 aromatic rings. The van der Waals surface area contributed by atoms with E-state index >= 15 is 4.79 Å². The van der Waals surface area contributed by atoms with Crippen molar-refractivity contribution < 1.29 is 130 Å². The highest BCUT2D eigenvalue weighted by Crippen LogP contribution is 2.51. The maximum Gasteiger partial charge on any atom is 0.338 e. The average Bonchev–Trinajstić information content (AvgIpc) is 1.75. The Morgan fingerprint density at radius 3 is 1.11 bits per heavy atom. The molecule has 0 fully saturated rings. The van der Waals surface area contributed by atoms with E-state index in [2.05, 4.69) is 0 Å². The number of carbonyl (C=O) groups is 3. The predicted molar refractivity (Wildman–Crippen MR) is 315 cm³/mol. The first-order chi connectivity index (χ1) is 44.0. The van der Waals surface area contributed by atoms with Crippen molar-refractivity contribution in [1.29, 1.82) is 0 Å². The van der Waals surface area contributed by atoms with Crippen LogP contribution in [0.5, 0.6) is 115 Å². The van der Waals surface area contributed by atoms with Gasteiger partial charge in [0.25, 0.3) is 0 Å². The summed E-state index contributed by atoms with van der Waals surface area (Å²) in [6.07, 6.45) is -12.0. The summed E-state index contributed by atoms with van der Waals surface area (Å²) in [6.45, 7) is 1.37. The van der Waals surface area contributed by atoms with Gasteiger partial charge in [-0.25, -0.2) is 14.4 Å². The zero-order chi connectivity index (χ0) is 66.7. The van der Waals surface area contributed by atoms with Gasteiger partial charge in [0.05, 0.1) is 27.5 Å². The third kappa shape index (κ3) is 10.6. The first kappa shape index (κ1) is 60.5. The third-order valence-electron chi connectivity index (χ3n) is 16.1. The monoisotopic (exact) mass is 1280 g/mol. The number of phenolic OH excluding ortho intramolecular Hbond substituents is 15. The van der Waals surface area contributed by atoms with Gasteiger partial charge in [-0.2, -0.15) is 0 Å². The fourth-order valence-electron chi connectivity index (χ4n) is 11.7. The lowest BCUT2D eigenvalue weighted by Crippen LogP contribution is -2.35. The zero-order valence-corrected chi connectivity index (χ0v) is 47.4. The Morgan fingerprint density at radius 2 is 0.688 bits per heavy atom. The first-order valence-corrected chi connectivity index (χ1v) is 27.6. The molecule has 476 valence electrons. The van der Waals surface area contributed by atoms with Gasteiger partial charge < -0.3 is 115 Å². The molecule has 12 rings (SSSR count). The van der Waals surface area contributed by atoms with Gasteiger partial charge in [-0.15, -0.1) is 0 Å². The molecule has 0 aromatic heterocycles. The molecule has 3 heterocycles. The molecule has 0 saturated carbocycles. The molecule has 0 aliphatic carbocycles. The van der Waals surface area contributed by atoms with Crippen LogP contribution < -0.4 is 25.1 Å². The SMILES string of the molecule is Cc1cc(C(=O)O[C@@H]2Cc3c(O)cc(O)cc3O[C@@H]2c2cc(O)c(O)c3c(=O)c(O)cc(C(=O)O[C@@H]4Cc5c(O)cc(O)cc5O[C@@H]4c4cc(O)c(=O)c5c(O)c(O)cc([C@H]6Oc7cc(O)cc(O)c7C[C@H]6OC(=O)c6cc(O)c(O)c(O)c6)c5c4)cc23)cc(O)c1O. The molecule has 3 aliphatic rings. The van der Waals surface area contributed by atoms with Crippen molar-refractivity contribution in [3.8, 4) is 115 Å². The summed E-state index contributed by atoms with van der Waals surface area (Å²) in [6, 6.07) is 14.5. The zero-order valence-electron chi connectivity index (χ0n) is 47.4. The molecular weight excluding hydrogens is 1230 g/mol. The van der Waals surface area contributed by atoms with Crippen molar-refractivity contribution >= 4 is 39.5 Å². The normalized spacial score (nSPS) is 17.9. The van der Waals surface area contributed by atoms with Crippen LogP contribution in [-0.2, 0) is 33.5 Å². The highest BCUT2D eigenvalue weighted by atomic mass is 16.6. The summed E-state index contributed by atoms with van der Waals surface area (Å²) in [7, 11) is 0. The second-order valence-electron chi connectivity index (χ2n) is 22.1. The Balaban J connectivity index is 0.997. The molecule has 9 aromatic carbocycles. The van der Waals surface area contributed by atoms with Crippen LogP contribution in [0.2, 0.25) is 0 Å². The Bertz CT molecular complexity index is 4840. The van der Waals surface area contributed by atoms with Gasteiger partial charge in [-0.3, -0.25) is 9.59 Å². The van der Waals surface area contributed by atoms with Crippen molar-refractivity contribution in [2.24, 2.45) is 0 Å². The maximum atomic E-state index is 15.1. The van der Waals surface area contributed by atoms with Gasteiger partial charge in [0.2, 0.25) is 10.9 Å². The number of esters is 3. The van der Waals surface area contributed by atoms with E-state index in [9.17, 15) is 106 Å². The van der Waals surface area contributed by atoms with Gasteiger partial charge in [-0.1, -0.05) is 0 Å². The quantitative estimate of drug-likeness (QED) is 0.0405. The number of fused-ring (bicyclic) bond motifs is 5. The van der Waals surface area contributed by atoms with E-state index in [1.165, 1.54) is 13.0 Å². The van der Waals surface area contributed by atoms with Gasteiger partial charge in [0.15, 0.2) is 81.6 Å². The Kier molecular flexibility index (Phi) is 14.6. The predicted octanol–water partition coefficient (Wildman–Crippen LogP) is 6.72. The lowest BCUT2D eigenvalue weighted by Gasteiger charge is -2.35. The van der Waals surface area contributed by atoms with Crippen molar-refractivity contribution in [3.63, 3.8) is 0 Å². The lowest BCUT2D eigenvalue weighted by atomic mass is 9.89. The third-order valence-corrected chi connectivity index (χ3v) is 16.1. The second kappa shape index (κ2) is 22.4. The number of hydrogen-bond donors (Lipinski definition) is 17. The molecule has 0 amide bonds. The summed E-state index contributed by atoms with van der Waals surface area (Å²) in [5.74, 6) is -19.0. The minimum absolute atomic E-state index is 0.0360. The number of hydrogen-bond acceptors (Lipinski definition) is 28. The molecule has 93 heavy (non-hydrogen) atoms. The summed E-state index contributed by atoms with van der Waals surface area (Å²) in [5, 5.41) is 182. The van der Waals surface area contributed by atoms with Gasteiger partial charge in [0.1, 0.15) is 70.1 Å². The Morgan fingerprint density at radius 1 is 0.355 bits per heavy atom. The van der Waals surface area contributed by atoms with Gasteiger partial charge in [-0.05, 0) is 83.9 Å². The number of benzene rings is 7. The van der Waals surface area contributed by atoms with E-state index in [4.69, 9.17) is 28.4 Å². The minimum Gasteiger partial charge on any atom is -0.508 e. The van der Waals surface area contributed by atoms with Crippen LogP contribution in [0.4, 0.5) is 0 Å². The number of phenols is 15. The average molecular weight is 1280 g/mol. The molecule has 0 spiro atoms. The number of aryl methyl sites for hydroxylation is 1. The van der Waals surface area contributed by atoms with Crippen molar-refractivity contribution in [3.05, 3.63) is 173 Å². The second-order valence-corrected chi connectivity index (χ2v) is 22.1. The highest BCUT2D eigenvalue weighted by molar-refractivity contribution is 6.00. The Labute approximate surface area is 518 Å². The molecule has 28 heteroatoms. The fourth-order valence-corrected chi connectivity index (χ4v) is 11.7. The molecule has 0 saturated heterocycles. The standard InChI is InChI=1S/C65H48O28/c1-21-2-23(6-39(72)54(21)79)63(85)92-50-19-34-37(70)11-28(68)15-48(34)90-62(50)32-17-45(78)59(84)53-30(32)4-24(7-43(76)57(53)82)64(86)91-49-18-33-36(69)10-26(66)13-46(33)88-60(49)22-3-29-31(16-44(77)58(83)52(29)56(81)42(75)5-22)61-51(20-35-38(71)12-27(67)14-47(35)89-61)93-65(87)25-8-40(73)55(80)41(74)9-25/h2-17,49-51,60-62,66-74,77-80,83-84H,18-20H2,1H3,(H,75,81)(H,76,82)/t49-,50-,51-,60-,61-,62-/m1/s1. The summed E-state index contributed by atoms with van der Waals surface area (Å²) in [4.78, 5) is 71.6. The fraction of sp³-hybridized carbons (Fsp3) is 0.154. The molecular formula is C65H48O28. The Hall–Kier alpha value is -12.8. The van der Waals surface area contributed by atoms with E-state index in [-0.39, 0.29) is 61.8 Å². The summed E-state index contributed by atoms with van der Waals surface area (Å²) < 4.78 is 36.8. The molecule has 28 nitrogen and oxygen atoms in total. The summed E-state index contributed by atoms with van der Waals surface area (Å²) >= 11 is 0. The number of ether oxygens (including phenoxy) is 6. The minimum atomic E-state index is -1.84. The van der Waals surface area contributed by atoms with Gasteiger partial charge >= 0.3 is 17.9 Å². The molecule has 0 unspecified atom stereocenters. The molecule has 0 bridgehead atoms. The lowest BCUT2D eigenvalue weighted by molar-refractivity contribution is -0.0193. The molecule has 17 N–H and O–H groups in total. The van der Waals surface area contributed by atoms with E-state index in [1.807, 2.05) is 0 Å². The topological polar surface area (TPSA) is 485 Å². The molecule has 0 radical (unpaired) electrons. The van der Waals surface area contributed by atoms with E-state index in [1.54, 1.807) is 0 Å². The number of aromatic hydroxyl groups is 17. The largest absolute Gasteiger partial charge is 0.508 e.